The third-order valence-corrected chi connectivity index (χ3v) is 3.42. The maximum absolute atomic E-state index is 9.26. The first kappa shape index (κ1) is 12.9. The van der Waals surface area contributed by atoms with E-state index in [4.69, 9.17) is 5.11 Å². The predicted molar refractivity (Wildman–Crippen MR) is 60.9 cm³/mol. The summed E-state index contributed by atoms with van der Waals surface area (Å²) in [6, 6.07) is 0.624. The van der Waals surface area contributed by atoms with Gasteiger partial charge in [-0.25, -0.2) is 0 Å². The topological polar surface area (TPSA) is 46.9 Å². The maximum atomic E-state index is 9.26. The highest BCUT2D eigenvalue weighted by Crippen LogP contribution is 2.16. The molecule has 1 aliphatic heterocycles. The zero-order chi connectivity index (χ0) is 11.3. The maximum Gasteiger partial charge on any atom is 0.0587 e. The van der Waals surface area contributed by atoms with Crippen LogP contribution in [0.2, 0.25) is 0 Å². The van der Waals surface area contributed by atoms with Crippen LogP contribution in [0.1, 0.15) is 19.3 Å². The highest BCUT2D eigenvalue weighted by Gasteiger charge is 2.25. The van der Waals surface area contributed by atoms with Crippen LogP contribution in [0, 0.1) is 0 Å². The minimum Gasteiger partial charge on any atom is -0.396 e. The van der Waals surface area contributed by atoms with Crippen molar-refractivity contribution in [1.82, 2.24) is 9.80 Å². The van der Waals surface area contributed by atoms with Crippen molar-refractivity contribution in [3.8, 4) is 0 Å². The van der Waals surface area contributed by atoms with Gasteiger partial charge in [0.15, 0.2) is 0 Å². The molecule has 0 saturated carbocycles. The molecule has 1 fully saturated rings. The lowest BCUT2D eigenvalue weighted by Crippen LogP contribution is -2.50. The van der Waals surface area contributed by atoms with E-state index in [9.17, 15) is 5.11 Å². The van der Waals surface area contributed by atoms with Crippen molar-refractivity contribution in [3.63, 3.8) is 0 Å². The van der Waals surface area contributed by atoms with Gasteiger partial charge in [-0.1, -0.05) is 0 Å². The van der Waals surface area contributed by atoms with Crippen molar-refractivity contribution in [3.05, 3.63) is 0 Å². The van der Waals surface area contributed by atoms with Crippen molar-refractivity contribution in [2.45, 2.75) is 31.3 Å². The van der Waals surface area contributed by atoms with Gasteiger partial charge in [-0.3, -0.25) is 4.90 Å². The van der Waals surface area contributed by atoms with E-state index in [1.807, 2.05) is 0 Å². The van der Waals surface area contributed by atoms with Crippen LogP contribution >= 0.6 is 0 Å². The molecule has 4 heteroatoms. The molecular weight excluding hydrogens is 192 g/mol. The molecule has 1 rings (SSSR count). The summed E-state index contributed by atoms with van der Waals surface area (Å²) in [6.45, 7) is 2.53. The van der Waals surface area contributed by atoms with Gasteiger partial charge in [-0.15, -0.1) is 0 Å². The largest absolute Gasteiger partial charge is 0.396 e. The van der Waals surface area contributed by atoms with E-state index in [0.717, 1.165) is 6.54 Å². The van der Waals surface area contributed by atoms with E-state index in [1.165, 1.54) is 19.4 Å². The second-order valence-electron chi connectivity index (χ2n) is 4.57. The van der Waals surface area contributed by atoms with E-state index >= 15 is 0 Å². The molecule has 0 bridgehead atoms. The summed E-state index contributed by atoms with van der Waals surface area (Å²) in [7, 11) is 4.19. The lowest BCUT2D eigenvalue weighted by molar-refractivity contribution is 0.0546. The van der Waals surface area contributed by atoms with Crippen molar-refractivity contribution >= 4 is 0 Å². The number of hydrogen-bond donors (Lipinski definition) is 2. The Morgan fingerprint density at radius 3 is 2.73 bits per heavy atom. The zero-order valence-electron chi connectivity index (χ0n) is 9.89. The van der Waals surface area contributed by atoms with Crippen molar-refractivity contribution in [2.75, 3.05) is 40.4 Å². The molecule has 4 nitrogen and oxygen atoms in total. The fourth-order valence-corrected chi connectivity index (χ4v) is 2.34. The van der Waals surface area contributed by atoms with Gasteiger partial charge in [0.2, 0.25) is 0 Å². The standard InChI is InChI=1S/C11H24N2O2/c1-12-6-3-4-10(8-12)13(2)11(9-15)5-7-14/h10-11,14-15H,3-9H2,1-2H3. The third kappa shape index (κ3) is 3.72. The highest BCUT2D eigenvalue weighted by atomic mass is 16.3. The Bertz CT molecular complexity index is 178. The Morgan fingerprint density at radius 2 is 2.20 bits per heavy atom. The van der Waals surface area contributed by atoms with Crippen LogP contribution in [0.15, 0.2) is 0 Å². The second-order valence-corrected chi connectivity index (χ2v) is 4.57. The molecule has 0 amide bonds. The number of aliphatic hydroxyl groups excluding tert-OH is 2. The number of aliphatic hydroxyl groups is 2. The summed E-state index contributed by atoms with van der Waals surface area (Å²) < 4.78 is 0. The molecule has 0 aromatic carbocycles. The molecular formula is C11H24N2O2. The Hall–Kier alpha value is -0.160. The van der Waals surface area contributed by atoms with Crippen molar-refractivity contribution < 1.29 is 10.2 Å². The summed E-state index contributed by atoms with van der Waals surface area (Å²) in [4.78, 5) is 4.56. The quantitative estimate of drug-likeness (QED) is 0.665. The van der Waals surface area contributed by atoms with E-state index in [0.29, 0.717) is 12.5 Å². The van der Waals surface area contributed by atoms with E-state index < -0.39 is 0 Å². The molecule has 0 spiro atoms. The van der Waals surface area contributed by atoms with Gasteiger partial charge in [-0.2, -0.15) is 0 Å². The molecule has 1 aliphatic rings. The highest BCUT2D eigenvalue weighted by molar-refractivity contribution is 4.81. The molecule has 1 saturated heterocycles. The van der Waals surface area contributed by atoms with Crippen LogP contribution in [-0.2, 0) is 0 Å². The van der Waals surface area contributed by atoms with Gasteiger partial charge in [-0.05, 0) is 39.9 Å². The van der Waals surface area contributed by atoms with Crippen LogP contribution in [-0.4, -0.2) is 72.5 Å². The van der Waals surface area contributed by atoms with Crippen LogP contribution in [0.3, 0.4) is 0 Å². The van der Waals surface area contributed by atoms with Crippen molar-refractivity contribution in [2.24, 2.45) is 0 Å². The Morgan fingerprint density at radius 1 is 1.47 bits per heavy atom. The summed E-state index contributed by atoms with van der Waals surface area (Å²) in [5.74, 6) is 0. The van der Waals surface area contributed by atoms with Gasteiger partial charge in [0, 0.05) is 25.2 Å². The minimum absolute atomic E-state index is 0.103. The molecule has 2 atom stereocenters. The number of nitrogens with zero attached hydrogens (tertiary/aromatic N) is 2. The van der Waals surface area contributed by atoms with Crippen LogP contribution in [0.5, 0.6) is 0 Å². The summed E-state index contributed by atoms with van der Waals surface area (Å²) in [5, 5.41) is 18.2. The van der Waals surface area contributed by atoms with Crippen LogP contribution < -0.4 is 0 Å². The fraction of sp³-hybridized carbons (Fsp3) is 1.00. The van der Waals surface area contributed by atoms with E-state index in [2.05, 4.69) is 23.9 Å². The second kappa shape index (κ2) is 6.43. The van der Waals surface area contributed by atoms with Gasteiger partial charge in [0.1, 0.15) is 0 Å². The summed E-state index contributed by atoms with van der Waals surface area (Å²) >= 11 is 0. The molecule has 0 aliphatic carbocycles. The number of hydrogen-bond acceptors (Lipinski definition) is 4. The first-order valence-electron chi connectivity index (χ1n) is 5.81. The Balaban J connectivity index is 2.45. The molecule has 90 valence electrons. The van der Waals surface area contributed by atoms with E-state index in [-0.39, 0.29) is 19.3 Å². The predicted octanol–water partition coefficient (Wildman–Crippen LogP) is -0.244. The molecule has 2 unspecified atom stereocenters. The molecule has 0 aromatic rings. The molecule has 1 heterocycles. The van der Waals surface area contributed by atoms with Crippen LogP contribution in [0.4, 0.5) is 0 Å². The lowest BCUT2D eigenvalue weighted by Gasteiger charge is -2.39. The molecule has 0 aromatic heterocycles. The number of piperidine rings is 1. The van der Waals surface area contributed by atoms with Crippen LogP contribution in [0.25, 0.3) is 0 Å². The number of likely N-dealkylation sites (N-methyl/N-ethyl adjacent to an activating group) is 2. The summed E-state index contributed by atoms with van der Waals surface area (Å²) in [5.41, 5.74) is 0. The van der Waals surface area contributed by atoms with Gasteiger partial charge < -0.3 is 15.1 Å². The Kier molecular flexibility index (Phi) is 5.53. The third-order valence-electron chi connectivity index (χ3n) is 3.42. The number of likely N-dealkylation sites (tertiary alicyclic amines) is 1. The van der Waals surface area contributed by atoms with Gasteiger partial charge >= 0.3 is 0 Å². The fourth-order valence-electron chi connectivity index (χ4n) is 2.34. The van der Waals surface area contributed by atoms with Gasteiger partial charge in [0.05, 0.1) is 6.61 Å². The summed E-state index contributed by atoms with van der Waals surface area (Å²) in [6.07, 6.45) is 3.08. The minimum atomic E-state index is 0.103. The van der Waals surface area contributed by atoms with Gasteiger partial charge in [0.25, 0.3) is 0 Å². The van der Waals surface area contributed by atoms with E-state index in [1.54, 1.807) is 0 Å². The smallest absolute Gasteiger partial charge is 0.0587 e. The average Bonchev–Trinajstić information content (AvgIpc) is 2.25. The SMILES string of the molecule is CN1CCCC(N(C)C(CO)CCO)C1. The lowest BCUT2D eigenvalue weighted by atomic mass is 10.0. The average molecular weight is 216 g/mol. The molecule has 0 radical (unpaired) electrons. The normalized spacial score (nSPS) is 25.8. The number of rotatable bonds is 5. The molecule has 2 N–H and O–H groups in total. The van der Waals surface area contributed by atoms with Crippen molar-refractivity contribution in [1.29, 1.82) is 0 Å². The Labute approximate surface area is 92.5 Å². The monoisotopic (exact) mass is 216 g/mol. The first-order valence-corrected chi connectivity index (χ1v) is 5.81. The molecule has 15 heavy (non-hydrogen) atoms. The zero-order valence-corrected chi connectivity index (χ0v) is 9.89. The first-order chi connectivity index (χ1) is 7.19.